The van der Waals surface area contributed by atoms with Gasteiger partial charge in [-0.3, -0.25) is 4.79 Å². The Hall–Kier alpha value is -1.02. The van der Waals surface area contributed by atoms with Gasteiger partial charge in [-0.2, -0.15) is 0 Å². The Morgan fingerprint density at radius 1 is 1.33 bits per heavy atom. The van der Waals surface area contributed by atoms with Crippen LogP contribution in [0.15, 0.2) is 24.3 Å². The highest BCUT2D eigenvalue weighted by molar-refractivity contribution is 6.17. The smallest absolute Gasteiger partial charge is 0.137 e. The van der Waals surface area contributed by atoms with Gasteiger partial charge in [0.25, 0.3) is 0 Å². The molecule has 1 rings (SSSR count). The molecular weight excluding hydrogens is 212 g/mol. The zero-order valence-electron chi connectivity index (χ0n) is 8.83. The largest absolute Gasteiger partial charge is 0.497 e. The number of methoxy groups -OCH3 is 1. The van der Waals surface area contributed by atoms with Crippen molar-refractivity contribution in [3.05, 3.63) is 29.8 Å². The average molecular weight is 227 g/mol. The van der Waals surface area contributed by atoms with Gasteiger partial charge in [0.05, 0.1) is 7.11 Å². The molecule has 0 N–H and O–H groups in total. The van der Waals surface area contributed by atoms with Crippen LogP contribution in [0.1, 0.15) is 18.4 Å². The van der Waals surface area contributed by atoms with Crippen molar-refractivity contribution in [1.82, 2.24) is 0 Å². The lowest BCUT2D eigenvalue weighted by Crippen LogP contribution is -2.02. The highest BCUT2D eigenvalue weighted by Gasteiger charge is 2.03. The maximum Gasteiger partial charge on any atom is 0.137 e. The van der Waals surface area contributed by atoms with Crippen molar-refractivity contribution >= 4 is 17.4 Å². The molecule has 82 valence electrons. The molecule has 0 aromatic heterocycles. The first-order valence-corrected chi connectivity index (χ1v) is 5.50. The first kappa shape index (κ1) is 12.1. The molecule has 0 heterocycles. The van der Waals surface area contributed by atoms with Crippen molar-refractivity contribution in [2.45, 2.75) is 19.3 Å². The molecule has 0 aliphatic heterocycles. The van der Waals surface area contributed by atoms with E-state index in [9.17, 15) is 4.79 Å². The van der Waals surface area contributed by atoms with E-state index in [1.807, 2.05) is 24.3 Å². The number of alkyl halides is 1. The zero-order chi connectivity index (χ0) is 11.1. The Balaban J connectivity index is 2.46. The Kier molecular flexibility index (Phi) is 5.19. The molecule has 1 aromatic rings. The van der Waals surface area contributed by atoms with Crippen LogP contribution in [-0.4, -0.2) is 18.8 Å². The summed E-state index contributed by atoms with van der Waals surface area (Å²) in [5.74, 6) is 1.60. The van der Waals surface area contributed by atoms with Gasteiger partial charge in [-0.15, -0.1) is 11.6 Å². The molecule has 0 radical (unpaired) electrons. The molecule has 0 atom stereocenters. The monoisotopic (exact) mass is 226 g/mol. The summed E-state index contributed by atoms with van der Waals surface area (Å²) in [6, 6.07) is 7.56. The second-order valence-corrected chi connectivity index (χ2v) is 3.73. The summed E-state index contributed by atoms with van der Waals surface area (Å²) in [6.07, 6.45) is 1.81. The minimum Gasteiger partial charge on any atom is -0.497 e. The molecule has 0 unspecified atom stereocenters. The third kappa shape index (κ3) is 4.34. The maximum atomic E-state index is 11.4. The van der Waals surface area contributed by atoms with Crippen molar-refractivity contribution in [1.29, 1.82) is 0 Å². The fourth-order valence-electron chi connectivity index (χ4n) is 1.32. The number of Topliss-reactive ketones (excluding diaryl/α,β-unsaturated/α-hetero) is 1. The van der Waals surface area contributed by atoms with Gasteiger partial charge in [-0.1, -0.05) is 12.1 Å². The van der Waals surface area contributed by atoms with E-state index in [0.717, 1.165) is 17.7 Å². The van der Waals surface area contributed by atoms with Crippen LogP contribution in [0.2, 0.25) is 0 Å². The number of ether oxygens (including phenoxy) is 1. The summed E-state index contributed by atoms with van der Waals surface area (Å²) in [5, 5.41) is 0. The molecule has 3 heteroatoms. The lowest BCUT2D eigenvalue weighted by Gasteiger charge is -2.02. The van der Waals surface area contributed by atoms with Gasteiger partial charge in [-0.05, 0) is 24.1 Å². The van der Waals surface area contributed by atoms with Crippen LogP contribution in [0.5, 0.6) is 5.75 Å². The summed E-state index contributed by atoms with van der Waals surface area (Å²) < 4.78 is 5.04. The fourth-order valence-corrected chi connectivity index (χ4v) is 1.46. The van der Waals surface area contributed by atoms with E-state index in [1.54, 1.807) is 7.11 Å². The quantitative estimate of drug-likeness (QED) is 0.698. The van der Waals surface area contributed by atoms with Gasteiger partial charge >= 0.3 is 0 Å². The molecular formula is C12H15ClO2. The van der Waals surface area contributed by atoms with Gasteiger partial charge in [0, 0.05) is 18.7 Å². The molecule has 2 nitrogen and oxygen atoms in total. The summed E-state index contributed by atoms with van der Waals surface area (Å²) in [6.45, 7) is 0. The number of halogens is 1. The molecule has 0 fully saturated rings. The minimum atomic E-state index is 0.237. The number of carbonyl (C=O) groups excluding carboxylic acids is 1. The number of hydrogen-bond acceptors (Lipinski definition) is 2. The summed E-state index contributed by atoms with van der Waals surface area (Å²) >= 11 is 5.52. The van der Waals surface area contributed by atoms with E-state index in [1.165, 1.54) is 0 Å². The Morgan fingerprint density at radius 2 is 2.00 bits per heavy atom. The fraction of sp³-hybridized carbons (Fsp3) is 0.417. The second-order valence-electron chi connectivity index (χ2n) is 3.36. The van der Waals surface area contributed by atoms with Gasteiger partial charge in [0.15, 0.2) is 0 Å². The molecule has 1 aromatic carbocycles. The van der Waals surface area contributed by atoms with E-state index >= 15 is 0 Å². The number of benzene rings is 1. The molecule has 0 saturated carbocycles. The normalized spacial score (nSPS) is 10.0. The predicted octanol–water partition coefficient (Wildman–Crippen LogP) is 2.83. The molecule has 15 heavy (non-hydrogen) atoms. The molecule has 0 aliphatic carbocycles. The number of ketones is 1. The first-order valence-electron chi connectivity index (χ1n) is 4.97. The van der Waals surface area contributed by atoms with Crippen molar-refractivity contribution < 1.29 is 9.53 Å². The van der Waals surface area contributed by atoms with Crippen molar-refractivity contribution in [3.63, 3.8) is 0 Å². The van der Waals surface area contributed by atoms with Crippen LogP contribution in [0, 0.1) is 0 Å². The highest BCUT2D eigenvalue weighted by Crippen LogP contribution is 2.12. The molecule has 0 amide bonds. The Bertz CT molecular complexity index is 306. The second kappa shape index (κ2) is 6.46. The van der Waals surface area contributed by atoms with Gasteiger partial charge < -0.3 is 4.74 Å². The van der Waals surface area contributed by atoms with E-state index in [0.29, 0.717) is 18.7 Å². The van der Waals surface area contributed by atoms with Crippen LogP contribution in [0.25, 0.3) is 0 Å². The minimum absolute atomic E-state index is 0.237. The van der Waals surface area contributed by atoms with E-state index in [2.05, 4.69) is 0 Å². The Morgan fingerprint density at radius 3 is 2.53 bits per heavy atom. The van der Waals surface area contributed by atoms with Crippen molar-refractivity contribution in [3.8, 4) is 5.75 Å². The van der Waals surface area contributed by atoms with Crippen molar-refractivity contribution in [2.24, 2.45) is 0 Å². The van der Waals surface area contributed by atoms with Crippen LogP contribution in [-0.2, 0) is 11.2 Å². The topological polar surface area (TPSA) is 26.3 Å². The van der Waals surface area contributed by atoms with Crippen molar-refractivity contribution in [2.75, 3.05) is 13.0 Å². The molecule has 0 spiro atoms. The number of hydrogen-bond donors (Lipinski definition) is 0. The Labute approximate surface area is 95.2 Å². The molecule has 0 aliphatic rings. The van der Waals surface area contributed by atoms with E-state index < -0.39 is 0 Å². The number of carbonyl (C=O) groups is 1. The standard InChI is InChI=1S/C12H15ClO2/c1-15-12-6-4-10(5-7-12)9-11(14)3-2-8-13/h4-7H,2-3,8-9H2,1H3. The van der Waals surface area contributed by atoms with Gasteiger partial charge in [-0.25, -0.2) is 0 Å². The van der Waals surface area contributed by atoms with E-state index in [-0.39, 0.29) is 5.78 Å². The SMILES string of the molecule is COc1ccc(CC(=O)CCCCl)cc1. The van der Waals surface area contributed by atoms with Crippen LogP contribution >= 0.6 is 11.6 Å². The predicted molar refractivity (Wildman–Crippen MR) is 61.7 cm³/mol. The lowest BCUT2D eigenvalue weighted by atomic mass is 10.1. The zero-order valence-corrected chi connectivity index (χ0v) is 9.59. The first-order chi connectivity index (χ1) is 7.26. The van der Waals surface area contributed by atoms with E-state index in [4.69, 9.17) is 16.3 Å². The number of rotatable bonds is 6. The van der Waals surface area contributed by atoms with Crippen LogP contribution in [0.4, 0.5) is 0 Å². The highest BCUT2D eigenvalue weighted by atomic mass is 35.5. The average Bonchev–Trinajstić information content (AvgIpc) is 2.27. The summed E-state index contributed by atoms with van der Waals surface area (Å²) in [7, 11) is 1.63. The molecule has 0 saturated heterocycles. The van der Waals surface area contributed by atoms with Crippen LogP contribution < -0.4 is 4.74 Å². The van der Waals surface area contributed by atoms with Gasteiger partial charge in [0.1, 0.15) is 11.5 Å². The summed E-state index contributed by atoms with van der Waals surface area (Å²) in [4.78, 5) is 11.4. The third-order valence-corrected chi connectivity index (χ3v) is 2.42. The lowest BCUT2D eigenvalue weighted by molar-refractivity contribution is -0.118. The molecule has 0 bridgehead atoms. The third-order valence-electron chi connectivity index (χ3n) is 2.15. The van der Waals surface area contributed by atoms with Crippen LogP contribution in [0.3, 0.4) is 0 Å². The summed E-state index contributed by atoms with van der Waals surface area (Å²) in [5.41, 5.74) is 1.02. The van der Waals surface area contributed by atoms with Gasteiger partial charge in [0.2, 0.25) is 0 Å². The maximum absolute atomic E-state index is 11.4.